The van der Waals surface area contributed by atoms with Crippen LogP contribution in [0.15, 0.2) is 0 Å². The van der Waals surface area contributed by atoms with Crippen LogP contribution < -0.4 is 10.6 Å². The largest absolute Gasteiger partial charge is 0.379 e. The summed E-state index contributed by atoms with van der Waals surface area (Å²) in [7, 11) is 0. The van der Waals surface area contributed by atoms with Crippen molar-refractivity contribution in [3.05, 3.63) is 0 Å². The number of carbonyl (C=O) groups is 2. The van der Waals surface area contributed by atoms with Crippen molar-refractivity contribution in [2.24, 2.45) is 0 Å². The van der Waals surface area contributed by atoms with Gasteiger partial charge in [0.2, 0.25) is 11.8 Å². The molecule has 8 nitrogen and oxygen atoms in total. The molecule has 2 N–H and O–H groups in total. The molecule has 1 saturated heterocycles. The summed E-state index contributed by atoms with van der Waals surface area (Å²) in [5.74, 6) is -0.150. The Balaban J connectivity index is 2.72. The van der Waals surface area contributed by atoms with Gasteiger partial charge in [0.25, 0.3) is 0 Å². The summed E-state index contributed by atoms with van der Waals surface area (Å²) in [5.41, 5.74) is 0. The van der Waals surface area contributed by atoms with Crippen LogP contribution in [0.3, 0.4) is 0 Å². The van der Waals surface area contributed by atoms with Gasteiger partial charge in [-0.1, -0.05) is 26.7 Å². The predicted octanol–water partition coefficient (Wildman–Crippen LogP) is 2.20. The first-order valence-corrected chi connectivity index (χ1v) is 11.6. The minimum absolute atomic E-state index is 0.0749. The number of carbonyl (C=O) groups excluding carboxylic acids is 2. The van der Waals surface area contributed by atoms with Crippen LogP contribution in [0, 0.1) is 0 Å². The third kappa shape index (κ3) is 13.9. The highest BCUT2D eigenvalue weighted by Gasteiger charge is 2.28. The molecule has 176 valence electrons. The van der Waals surface area contributed by atoms with E-state index in [0.29, 0.717) is 65.6 Å². The quantitative estimate of drug-likeness (QED) is 0.516. The van der Waals surface area contributed by atoms with Crippen molar-refractivity contribution in [3.8, 4) is 0 Å². The Morgan fingerprint density at radius 2 is 1.13 bits per heavy atom. The topological polar surface area (TPSA) is 95.1 Å². The predicted molar refractivity (Wildman–Crippen MR) is 115 cm³/mol. The molecule has 0 aliphatic carbocycles. The van der Waals surface area contributed by atoms with Crippen LogP contribution in [0.4, 0.5) is 0 Å². The summed E-state index contributed by atoms with van der Waals surface area (Å²) in [5, 5.41) is 5.86. The minimum Gasteiger partial charge on any atom is -0.379 e. The molecule has 1 aliphatic rings. The molecule has 0 aromatic heterocycles. The Labute approximate surface area is 181 Å². The van der Waals surface area contributed by atoms with Gasteiger partial charge in [-0.15, -0.1) is 0 Å². The number of ether oxygens (including phenoxy) is 4. The molecule has 0 bridgehead atoms. The summed E-state index contributed by atoms with van der Waals surface area (Å²) in [4.78, 5) is 24.8. The number of rotatable bonds is 10. The molecule has 0 spiro atoms. The Kier molecular flexibility index (Phi) is 16.6. The number of hydrogen-bond donors (Lipinski definition) is 2. The fourth-order valence-electron chi connectivity index (χ4n) is 3.03. The van der Waals surface area contributed by atoms with Crippen LogP contribution in [0.2, 0.25) is 0 Å². The number of nitrogens with one attached hydrogen (secondary N) is 2. The second kappa shape index (κ2) is 18.5. The standard InChI is InChI=1S/C22H42N2O6/c1-3-5-9-23-21(25)17-19-20(18-22(26)24-10-6-4-2)30-14-8-12-28-16-15-27-11-7-13-29-19/h19-20H,3-18H2,1-2H3,(H,23,25)(H,24,26)/t19-,20?/m0/s1. The van der Waals surface area contributed by atoms with Crippen molar-refractivity contribution in [3.63, 3.8) is 0 Å². The van der Waals surface area contributed by atoms with Gasteiger partial charge in [0.05, 0.1) is 38.3 Å². The first kappa shape index (κ1) is 26.8. The third-order valence-electron chi connectivity index (χ3n) is 4.79. The molecule has 30 heavy (non-hydrogen) atoms. The highest BCUT2D eigenvalue weighted by Crippen LogP contribution is 2.15. The molecule has 1 unspecified atom stereocenters. The van der Waals surface area contributed by atoms with E-state index in [1.54, 1.807) is 0 Å². The summed E-state index contributed by atoms with van der Waals surface area (Å²) in [6.45, 7) is 8.63. The van der Waals surface area contributed by atoms with Gasteiger partial charge in [-0.25, -0.2) is 0 Å². The summed E-state index contributed by atoms with van der Waals surface area (Å²) in [6, 6.07) is 0. The molecule has 0 radical (unpaired) electrons. The van der Waals surface area contributed by atoms with Crippen molar-refractivity contribution in [1.82, 2.24) is 10.6 Å². The summed E-state index contributed by atoms with van der Waals surface area (Å²) < 4.78 is 23.1. The van der Waals surface area contributed by atoms with Crippen LogP contribution in [-0.4, -0.2) is 76.8 Å². The Bertz CT molecular complexity index is 409. The molecule has 1 fully saturated rings. The zero-order valence-corrected chi connectivity index (χ0v) is 18.9. The lowest BCUT2D eigenvalue weighted by Crippen LogP contribution is -2.41. The lowest BCUT2D eigenvalue weighted by molar-refractivity contribution is -0.137. The molecule has 8 heteroatoms. The van der Waals surface area contributed by atoms with Crippen molar-refractivity contribution < 1.29 is 28.5 Å². The average Bonchev–Trinajstić information content (AvgIpc) is 2.73. The van der Waals surface area contributed by atoms with E-state index in [4.69, 9.17) is 18.9 Å². The normalized spacial score (nSPS) is 22.1. The van der Waals surface area contributed by atoms with E-state index < -0.39 is 12.2 Å². The summed E-state index contributed by atoms with van der Waals surface area (Å²) in [6.07, 6.45) is 4.73. The van der Waals surface area contributed by atoms with Gasteiger partial charge in [0.1, 0.15) is 0 Å². The Hall–Kier alpha value is -1.22. The van der Waals surface area contributed by atoms with E-state index in [1.807, 2.05) is 0 Å². The van der Waals surface area contributed by atoms with E-state index in [-0.39, 0.29) is 24.7 Å². The maximum atomic E-state index is 12.4. The average molecular weight is 431 g/mol. The zero-order chi connectivity index (χ0) is 21.9. The molecule has 0 saturated carbocycles. The van der Waals surface area contributed by atoms with Crippen LogP contribution >= 0.6 is 0 Å². The van der Waals surface area contributed by atoms with E-state index in [0.717, 1.165) is 25.7 Å². The summed E-state index contributed by atoms with van der Waals surface area (Å²) >= 11 is 0. The van der Waals surface area contributed by atoms with Crippen molar-refractivity contribution in [1.29, 1.82) is 0 Å². The number of unbranched alkanes of at least 4 members (excludes halogenated alkanes) is 2. The van der Waals surface area contributed by atoms with Gasteiger partial charge in [-0.05, 0) is 25.7 Å². The van der Waals surface area contributed by atoms with Gasteiger partial charge >= 0.3 is 0 Å². The molecule has 2 atom stereocenters. The molecule has 0 aromatic carbocycles. The second-order valence-electron chi connectivity index (χ2n) is 7.57. The molecular weight excluding hydrogens is 388 g/mol. The van der Waals surface area contributed by atoms with Crippen LogP contribution in [-0.2, 0) is 28.5 Å². The second-order valence-corrected chi connectivity index (χ2v) is 7.57. The van der Waals surface area contributed by atoms with Gasteiger partial charge in [-0.3, -0.25) is 9.59 Å². The molecule has 1 rings (SSSR count). The Morgan fingerprint density at radius 1 is 0.700 bits per heavy atom. The first-order valence-electron chi connectivity index (χ1n) is 11.6. The third-order valence-corrected chi connectivity index (χ3v) is 4.79. The molecule has 0 aromatic rings. The zero-order valence-electron chi connectivity index (χ0n) is 18.9. The maximum absolute atomic E-state index is 12.4. The van der Waals surface area contributed by atoms with Crippen molar-refractivity contribution in [2.45, 2.75) is 77.4 Å². The van der Waals surface area contributed by atoms with E-state index in [2.05, 4.69) is 24.5 Å². The number of amides is 2. The lowest BCUT2D eigenvalue weighted by atomic mass is 10.1. The van der Waals surface area contributed by atoms with Crippen LogP contribution in [0.1, 0.15) is 65.2 Å². The lowest BCUT2D eigenvalue weighted by Gasteiger charge is -2.27. The monoisotopic (exact) mass is 430 g/mol. The van der Waals surface area contributed by atoms with Gasteiger partial charge in [0.15, 0.2) is 0 Å². The molecular formula is C22H42N2O6. The van der Waals surface area contributed by atoms with E-state index in [9.17, 15) is 9.59 Å². The molecule has 2 amide bonds. The highest BCUT2D eigenvalue weighted by molar-refractivity contribution is 5.78. The van der Waals surface area contributed by atoms with Gasteiger partial charge < -0.3 is 29.6 Å². The fourth-order valence-corrected chi connectivity index (χ4v) is 3.03. The van der Waals surface area contributed by atoms with E-state index >= 15 is 0 Å². The van der Waals surface area contributed by atoms with Crippen LogP contribution in [0.5, 0.6) is 0 Å². The van der Waals surface area contributed by atoms with Crippen molar-refractivity contribution >= 4 is 11.8 Å². The van der Waals surface area contributed by atoms with Crippen LogP contribution in [0.25, 0.3) is 0 Å². The Morgan fingerprint density at radius 3 is 1.53 bits per heavy atom. The highest BCUT2D eigenvalue weighted by atomic mass is 16.5. The molecule has 1 aliphatic heterocycles. The van der Waals surface area contributed by atoms with Crippen molar-refractivity contribution in [2.75, 3.05) is 52.7 Å². The van der Waals surface area contributed by atoms with E-state index in [1.165, 1.54) is 0 Å². The van der Waals surface area contributed by atoms with Gasteiger partial charge in [0, 0.05) is 39.5 Å². The minimum atomic E-state index is -0.479. The number of hydrogen-bond acceptors (Lipinski definition) is 6. The SMILES string of the molecule is CCCCNC(=O)CC1OCCCOCCOCCCO[C@H]1CC(=O)NCCCC. The fraction of sp³-hybridized carbons (Fsp3) is 0.909. The maximum Gasteiger partial charge on any atom is 0.222 e. The smallest absolute Gasteiger partial charge is 0.222 e. The first-order chi connectivity index (χ1) is 14.7. The van der Waals surface area contributed by atoms with Gasteiger partial charge in [-0.2, -0.15) is 0 Å². The molecule has 1 heterocycles.